The Bertz CT molecular complexity index is 747. The van der Waals surface area contributed by atoms with E-state index in [0.717, 1.165) is 24.1 Å². The molecule has 0 fully saturated rings. The van der Waals surface area contributed by atoms with E-state index in [2.05, 4.69) is 48.4 Å². The lowest BCUT2D eigenvalue weighted by Crippen LogP contribution is -2.26. The van der Waals surface area contributed by atoms with Crippen LogP contribution in [0.1, 0.15) is 53.5 Å². The van der Waals surface area contributed by atoms with Gasteiger partial charge in [-0.2, -0.15) is 0 Å². The Morgan fingerprint density at radius 2 is 2.00 bits per heavy atom. The largest absolute Gasteiger partial charge is 0.352 e. The van der Waals surface area contributed by atoms with Gasteiger partial charge in [-0.3, -0.25) is 9.78 Å². The second kappa shape index (κ2) is 8.44. The van der Waals surface area contributed by atoms with E-state index in [9.17, 15) is 4.79 Å². The number of benzene rings is 1. The molecule has 0 saturated carbocycles. The van der Waals surface area contributed by atoms with Crippen molar-refractivity contribution in [3.8, 4) is 0 Å². The van der Waals surface area contributed by atoms with Crippen LogP contribution in [0.4, 0.5) is 0 Å². The van der Waals surface area contributed by atoms with E-state index in [1.54, 1.807) is 6.20 Å². The van der Waals surface area contributed by atoms with E-state index in [4.69, 9.17) is 0 Å². The summed E-state index contributed by atoms with van der Waals surface area (Å²) < 4.78 is 0. The molecule has 3 heteroatoms. The third-order valence-electron chi connectivity index (χ3n) is 4.39. The van der Waals surface area contributed by atoms with Crippen LogP contribution in [0.15, 0.2) is 42.6 Å². The van der Waals surface area contributed by atoms with Crippen LogP contribution < -0.4 is 5.32 Å². The number of nitrogens with zero attached hydrogens (tertiary/aromatic N) is 1. The predicted octanol–water partition coefficient (Wildman–Crippen LogP) is 4.35. The molecule has 0 aliphatic heterocycles. The average Bonchev–Trinajstić information content (AvgIpc) is 2.61. The Hall–Kier alpha value is -2.42. The number of hydrogen-bond acceptors (Lipinski definition) is 2. The molecule has 0 spiro atoms. The first-order valence-corrected chi connectivity index (χ1v) is 8.51. The van der Waals surface area contributed by atoms with Crippen molar-refractivity contribution in [2.24, 2.45) is 0 Å². The molecule has 3 nitrogen and oxygen atoms in total. The maximum atomic E-state index is 12.3. The highest BCUT2D eigenvalue weighted by Crippen LogP contribution is 2.19. The van der Waals surface area contributed by atoms with Gasteiger partial charge in [0.15, 0.2) is 0 Å². The number of carbonyl (C=O) groups excluding carboxylic acids is 1. The first-order chi connectivity index (χ1) is 11.6. The van der Waals surface area contributed by atoms with Crippen LogP contribution in [0.3, 0.4) is 0 Å². The number of nitrogens with one attached hydrogen (secondary N) is 1. The summed E-state index contributed by atoms with van der Waals surface area (Å²) in [5.74, 6) is -0.0579. The monoisotopic (exact) mass is 322 g/mol. The Morgan fingerprint density at radius 1 is 1.25 bits per heavy atom. The molecular formula is C21H26N2O. The van der Waals surface area contributed by atoms with Crippen molar-refractivity contribution in [2.75, 3.05) is 6.54 Å². The molecule has 1 heterocycles. The molecule has 1 N–H and O–H groups in total. The van der Waals surface area contributed by atoms with Gasteiger partial charge in [0.25, 0.3) is 5.91 Å². The minimum absolute atomic E-state index is 0.0579. The third-order valence-corrected chi connectivity index (χ3v) is 4.39. The van der Waals surface area contributed by atoms with Gasteiger partial charge in [-0.05, 0) is 61.9 Å². The minimum Gasteiger partial charge on any atom is -0.352 e. The van der Waals surface area contributed by atoms with Crippen molar-refractivity contribution >= 4 is 11.5 Å². The quantitative estimate of drug-likeness (QED) is 0.859. The normalized spacial score (nSPS) is 11.4. The van der Waals surface area contributed by atoms with Crippen molar-refractivity contribution in [3.63, 3.8) is 0 Å². The zero-order chi connectivity index (χ0) is 17.5. The zero-order valence-corrected chi connectivity index (χ0v) is 15.0. The van der Waals surface area contributed by atoms with Crippen LogP contribution in [-0.2, 0) is 12.8 Å². The van der Waals surface area contributed by atoms with Crippen LogP contribution in [0.2, 0.25) is 0 Å². The summed E-state index contributed by atoms with van der Waals surface area (Å²) in [5.41, 5.74) is 6.51. The second-order valence-electron chi connectivity index (χ2n) is 5.96. The summed E-state index contributed by atoms with van der Waals surface area (Å²) in [6.45, 7) is 8.82. The lowest BCUT2D eigenvalue weighted by molar-refractivity contribution is 0.0953. The van der Waals surface area contributed by atoms with Gasteiger partial charge in [-0.1, -0.05) is 37.3 Å². The van der Waals surface area contributed by atoms with Gasteiger partial charge < -0.3 is 5.32 Å². The molecule has 0 unspecified atom stereocenters. The van der Waals surface area contributed by atoms with Crippen LogP contribution in [-0.4, -0.2) is 17.4 Å². The molecular weight excluding hydrogens is 296 g/mol. The number of rotatable bonds is 6. The molecule has 2 rings (SSSR count). The number of pyridine rings is 1. The average molecular weight is 322 g/mol. The highest BCUT2D eigenvalue weighted by atomic mass is 16.1. The van der Waals surface area contributed by atoms with Gasteiger partial charge in [0.1, 0.15) is 0 Å². The first kappa shape index (κ1) is 17.9. The van der Waals surface area contributed by atoms with Gasteiger partial charge in [-0.25, -0.2) is 0 Å². The SMILES string of the molecule is C/C=C(/C)c1ccccc1CCNC(=O)c1cnc(C)c(CC)c1. The minimum atomic E-state index is -0.0579. The van der Waals surface area contributed by atoms with Crippen LogP contribution >= 0.6 is 0 Å². The molecule has 0 radical (unpaired) electrons. The van der Waals surface area contributed by atoms with Gasteiger partial charge in [0.05, 0.1) is 5.56 Å². The van der Waals surface area contributed by atoms with Crippen molar-refractivity contribution in [2.45, 2.75) is 40.5 Å². The van der Waals surface area contributed by atoms with E-state index in [0.29, 0.717) is 12.1 Å². The van der Waals surface area contributed by atoms with E-state index in [1.807, 2.05) is 26.0 Å². The van der Waals surface area contributed by atoms with Crippen LogP contribution in [0.5, 0.6) is 0 Å². The number of carbonyl (C=O) groups is 1. The second-order valence-corrected chi connectivity index (χ2v) is 5.96. The van der Waals surface area contributed by atoms with Crippen LogP contribution in [0, 0.1) is 6.92 Å². The van der Waals surface area contributed by atoms with E-state index in [-0.39, 0.29) is 5.91 Å². The molecule has 2 aromatic rings. The van der Waals surface area contributed by atoms with Crippen molar-refractivity contribution in [3.05, 3.63) is 70.6 Å². The summed E-state index contributed by atoms with van der Waals surface area (Å²) in [4.78, 5) is 16.6. The smallest absolute Gasteiger partial charge is 0.252 e. The number of hydrogen-bond donors (Lipinski definition) is 1. The third kappa shape index (κ3) is 4.31. The summed E-state index contributed by atoms with van der Waals surface area (Å²) in [6, 6.07) is 10.3. The fraction of sp³-hybridized carbons (Fsp3) is 0.333. The highest BCUT2D eigenvalue weighted by molar-refractivity contribution is 5.94. The summed E-state index contributed by atoms with van der Waals surface area (Å²) in [7, 11) is 0. The Kier molecular flexibility index (Phi) is 6.30. The molecule has 0 atom stereocenters. The summed E-state index contributed by atoms with van der Waals surface area (Å²) in [5, 5.41) is 3.00. The Labute approximate surface area is 144 Å². The molecule has 1 aromatic carbocycles. The number of allylic oxidation sites excluding steroid dienone is 2. The molecule has 1 aromatic heterocycles. The van der Waals surface area contributed by atoms with Gasteiger partial charge in [0.2, 0.25) is 0 Å². The van der Waals surface area contributed by atoms with Crippen molar-refractivity contribution in [1.82, 2.24) is 10.3 Å². The highest BCUT2D eigenvalue weighted by Gasteiger charge is 2.09. The van der Waals surface area contributed by atoms with Gasteiger partial charge >= 0.3 is 0 Å². The van der Waals surface area contributed by atoms with Crippen molar-refractivity contribution < 1.29 is 4.79 Å². The molecule has 1 amide bonds. The van der Waals surface area contributed by atoms with E-state index >= 15 is 0 Å². The maximum absolute atomic E-state index is 12.3. The lowest BCUT2D eigenvalue weighted by Gasteiger charge is -2.11. The fourth-order valence-corrected chi connectivity index (χ4v) is 2.75. The van der Waals surface area contributed by atoms with Gasteiger partial charge in [-0.15, -0.1) is 0 Å². The number of amides is 1. The van der Waals surface area contributed by atoms with E-state index in [1.165, 1.54) is 16.7 Å². The summed E-state index contributed by atoms with van der Waals surface area (Å²) >= 11 is 0. The number of aryl methyl sites for hydroxylation is 2. The van der Waals surface area contributed by atoms with Crippen LogP contribution in [0.25, 0.3) is 5.57 Å². The topological polar surface area (TPSA) is 42.0 Å². The zero-order valence-electron chi connectivity index (χ0n) is 15.0. The van der Waals surface area contributed by atoms with Crippen molar-refractivity contribution in [1.29, 1.82) is 0 Å². The molecule has 0 bridgehead atoms. The summed E-state index contributed by atoms with van der Waals surface area (Å²) in [6.07, 6.45) is 5.46. The van der Waals surface area contributed by atoms with E-state index < -0.39 is 0 Å². The Morgan fingerprint density at radius 3 is 2.71 bits per heavy atom. The lowest BCUT2D eigenvalue weighted by atomic mass is 9.98. The molecule has 0 aliphatic carbocycles. The number of aromatic nitrogens is 1. The molecule has 126 valence electrons. The molecule has 0 saturated heterocycles. The standard InChI is InChI=1S/C21H26N2O/c1-5-15(3)20-10-8-7-9-18(20)11-12-22-21(24)19-13-17(6-2)16(4)23-14-19/h5,7-10,13-14H,6,11-12H2,1-4H3,(H,22,24)/b15-5-. The Balaban J connectivity index is 2.01. The molecule has 0 aliphatic rings. The fourth-order valence-electron chi connectivity index (χ4n) is 2.75. The maximum Gasteiger partial charge on any atom is 0.252 e. The van der Waals surface area contributed by atoms with Gasteiger partial charge in [0, 0.05) is 18.4 Å². The molecule has 24 heavy (non-hydrogen) atoms. The first-order valence-electron chi connectivity index (χ1n) is 8.51. The predicted molar refractivity (Wildman–Crippen MR) is 100 cm³/mol.